The number of halogens is 2. The van der Waals surface area contributed by atoms with Gasteiger partial charge in [-0.2, -0.15) is 0 Å². The fourth-order valence-corrected chi connectivity index (χ4v) is 6.98. The smallest absolute Gasteiger partial charge is 0.335 e. The zero-order chi connectivity index (χ0) is 25.3. The van der Waals surface area contributed by atoms with Crippen molar-refractivity contribution in [2.75, 3.05) is 4.90 Å². The average Bonchev–Trinajstić information content (AvgIpc) is 3.50. The van der Waals surface area contributed by atoms with Gasteiger partial charge in [-0.25, -0.2) is 18.6 Å². The fourth-order valence-electron chi connectivity index (χ4n) is 5.83. The topological polar surface area (TPSA) is 91.5 Å². The molecule has 4 aliphatic rings. The Hall–Kier alpha value is -3.37. The number of carbonyl (C=O) groups is 1. The highest BCUT2D eigenvalue weighted by molar-refractivity contribution is 7.22. The van der Waals surface area contributed by atoms with Crippen molar-refractivity contribution in [2.45, 2.75) is 62.7 Å². The second-order valence-corrected chi connectivity index (χ2v) is 11.2. The number of piperidine rings is 1. The second-order valence-electron chi connectivity index (χ2n) is 10.2. The van der Waals surface area contributed by atoms with Gasteiger partial charge in [0.25, 0.3) is 0 Å². The molecule has 2 saturated heterocycles. The number of fused-ring (bicyclic) bond motifs is 3. The number of benzene rings is 2. The lowest BCUT2D eigenvalue weighted by Crippen LogP contribution is -2.64. The summed E-state index contributed by atoms with van der Waals surface area (Å²) in [7, 11) is 0. The molecule has 2 atom stereocenters. The Morgan fingerprint density at radius 2 is 1.89 bits per heavy atom. The number of nitrogens with zero attached hydrogens (tertiary/aromatic N) is 3. The SMILES string of the molecule is O=C(O)c1ccc2nc(N3C4CC(NCc5c(-c6c(F)cccc6F)noc5C5CC5)CC3C4)sc2c1. The summed E-state index contributed by atoms with van der Waals surface area (Å²) in [5.41, 5.74) is 1.96. The Morgan fingerprint density at radius 1 is 1.14 bits per heavy atom. The van der Waals surface area contributed by atoms with E-state index in [0.29, 0.717) is 18.6 Å². The van der Waals surface area contributed by atoms with Gasteiger partial charge < -0.3 is 19.8 Å². The molecule has 2 aliphatic heterocycles. The number of thiazole rings is 1. The van der Waals surface area contributed by atoms with Crippen LogP contribution in [0.15, 0.2) is 40.9 Å². The third kappa shape index (κ3) is 3.90. The van der Waals surface area contributed by atoms with E-state index in [2.05, 4.69) is 15.4 Å². The van der Waals surface area contributed by atoms with E-state index >= 15 is 0 Å². The van der Waals surface area contributed by atoms with E-state index in [0.717, 1.165) is 58.8 Å². The third-order valence-corrected chi connectivity index (χ3v) is 8.85. The number of rotatable bonds is 7. The summed E-state index contributed by atoms with van der Waals surface area (Å²) in [6.45, 7) is 0.446. The van der Waals surface area contributed by atoms with Gasteiger partial charge in [0.05, 0.1) is 21.3 Å². The van der Waals surface area contributed by atoms with E-state index in [-0.39, 0.29) is 28.8 Å². The summed E-state index contributed by atoms with van der Waals surface area (Å²) >= 11 is 1.54. The summed E-state index contributed by atoms with van der Waals surface area (Å²) in [5.74, 6) is -1.22. The van der Waals surface area contributed by atoms with Gasteiger partial charge in [-0.3, -0.25) is 0 Å². The van der Waals surface area contributed by atoms with Crippen LogP contribution >= 0.6 is 11.3 Å². The zero-order valence-corrected chi connectivity index (χ0v) is 20.6. The molecule has 190 valence electrons. The van der Waals surface area contributed by atoms with Crippen LogP contribution < -0.4 is 10.2 Å². The van der Waals surface area contributed by atoms with Gasteiger partial charge in [0.1, 0.15) is 23.1 Å². The lowest BCUT2D eigenvalue weighted by molar-refractivity contribution is 0.0697. The Morgan fingerprint density at radius 3 is 2.59 bits per heavy atom. The first-order valence-corrected chi connectivity index (χ1v) is 13.4. The highest BCUT2D eigenvalue weighted by Crippen LogP contribution is 2.46. The molecule has 0 spiro atoms. The van der Waals surface area contributed by atoms with Gasteiger partial charge in [-0.15, -0.1) is 0 Å². The van der Waals surface area contributed by atoms with Gasteiger partial charge in [0, 0.05) is 36.2 Å². The van der Waals surface area contributed by atoms with Crippen LogP contribution in [0.3, 0.4) is 0 Å². The zero-order valence-electron chi connectivity index (χ0n) is 19.8. The van der Waals surface area contributed by atoms with Gasteiger partial charge in [-0.1, -0.05) is 22.6 Å². The van der Waals surface area contributed by atoms with Crippen LogP contribution in [0.2, 0.25) is 0 Å². The van der Waals surface area contributed by atoms with Crippen molar-refractivity contribution >= 4 is 32.7 Å². The number of carboxylic acid groups (broad SMARTS) is 1. The maximum Gasteiger partial charge on any atom is 0.335 e. The lowest BCUT2D eigenvalue weighted by atomic mass is 9.77. The molecule has 10 heteroatoms. The van der Waals surface area contributed by atoms with E-state index in [1.54, 1.807) is 18.2 Å². The molecule has 2 bridgehead atoms. The molecule has 2 unspecified atom stereocenters. The van der Waals surface area contributed by atoms with Crippen molar-refractivity contribution in [1.82, 2.24) is 15.5 Å². The minimum atomic E-state index is -0.940. The molecule has 7 nitrogen and oxygen atoms in total. The Balaban J connectivity index is 1.08. The van der Waals surface area contributed by atoms with E-state index in [1.165, 1.54) is 29.5 Å². The van der Waals surface area contributed by atoms with Crippen LogP contribution in [0.25, 0.3) is 21.5 Å². The molecule has 4 fully saturated rings. The van der Waals surface area contributed by atoms with Crippen LogP contribution in [0.4, 0.5) is 13.9 Å². The molecule has 37 heavy (non-hydrogen) atoms. The van der Waals surface area contributed by atoms with Crippen molar-refractivity contribution in [1.29, 1.82) is 0 Å². The molecule has 0 amide bonds. The molecule has 8 rings (SSSR count). The van der Waals surface area contributed by atoms with Crippen molar-refractivity contribution in [2.24, 2.45) is 0 Å². The standard InChI is InChI=1S/C27H24F2N4O3S/c28-19-2-1-3-20(29)23(19)24-18(25(36-32-24)13-4-5-13)12-30-15-9-16-11-17(10-15)33(16)27-31-21-7-6-14(26(34)35)8-22(21)37-27/h1-3,6-8,13,15-17,30H,4-5,9-12H2,(H,34,35). The highest BCUT2D eigenvalue weighted by atomic mass is 32.1. The summed E-state index contributed by atoms with van der Waals surface area (Å²) in [6, 6.07) is 9.85. The number of nitrogens with one attached hydrogen (secondary N) is 1. The van der Waals surface area contributed by atoms with Gasteiger partial charge >= 0.3 is 5.97 Å². The number of carboxylic acids is 1. The largest absolute Gasteiger partial charge is 0.478 e. The van der Waals surface area contributed by atoms with Crippen LogP contribution in [-0.2, 0) is 6.54 Å². The van der Waals surface area contributed by atoms with Gasteiger partial charge in [-0.05, 0) is 62.4 Å². The van der Waals surface area contributed by atoms with Crippen LogP contribution in [0, 0.1) is 11.6 Å². The average molecular weight is 523 g/mol. The maximum absolute atomic E-state index is 14.6. The van der Waals surface area contributed by atoms with Crippen LogP contribution in [0.1, 0.15) is 59.7 Å². The van der Waals surface area contributed by atoms with Crippen LogP contribution in [-0.4, -0.2) is 39.3 Å². The van der Waals surface area contributed by atoms with E-state index in [4.69, 9.17) is 9.51 Å². The Bertz CT molecular complexity index is 1500. The first-order valence-electron chi connectivity index (χ1n) is 12.5. The summed E-state index contributed by atoms with van der Waals surface area (Å²) in [5, 5.41) is 17.9. The number of hydrogen-bond donors (Lipinski definition) is 2. The quantitative estimate of drug-likeness (QED) is 0.322. The van der Waals surface area contributed by atoms with E-state index in [9.17, 15) is 18.7 Å². The van der Waals surface area contributed by atoms with Crippen molar-refractivity contribution in [3.05, 3.63) is 64.9 Å². The predicted octanol–water partition coefficient (Wildman–Crippen LogP) is 5.70. The molecule has 2 aromatic heterocycles. The van der Waals surface area contributed by atoms with Gasteiger partial charge in [0.15, 0.2) is 5.13 Å². The fraction of sp³-hybridized carbons (Fsp3) is 0.370. The summed E-state index contributed by atoms with van der Waals surface area (Å²) in [4.78, 5) is 18.4. The molecular formula is C27H24F2N4O3S. The highest BCUT2D eigenvalue weighted by Gasteiger charge is 2.46. The van der Waals surface area contributed by atoms with Crippen molar-refractivity contribution in [3.8, 4) is 11.3 Å². The Kier molecular flexibility index (Phi) is 5.30. The monoisotopic (exact) mass is 522 g/mol. The molecule has 4 heterocycles. The molecule has 2 N–H and O–H groups in total. The molecule has 0 radical (unpaired) electrons. The minimum absolute atomic E-state index is 0.130. The molecular weight excluding hydrogens is 498 g/mol. The first-order chi connectivity index (χ1) is 18.0. The normalized spacial score (nSPS) is 22.9. The molecule has 2 aliphatic carbocycles. The lowest BCUT2D eigenvalue weighted by Gasteiger charge is -2.55. The van der Waals surface area contributed by atoms with Gasteiger partial charge in [0.2, 0.25) is 0 Å². The van der Waals surface area contributed by atoms with Crippen LogP contribution in [0.5, 0.6) is 0 Å². The maximum atomic E-state index is 14.6. The molecule has 2 aromatic carbocycles. The summed E-state index contributed by atoms with van der Waals surface area (Å²) < 4.78 is 35.6. The van der Waals surface area contributed by atoms with E-state index in [1.807, 2.05) is 0 Å². The number of anilines is 1. The van der Waals surface area contributed by atoms with Crippen molar-refractivity contribution < 1.29 is 23.2 Å². The number of aromatic nitrogens is 2. The predicted molar refractivity (Wildman–Crippen MR) is 135 cm³/mol. The van der Waals surface area contributed by atoms with E-state index < -0.39 is 17.6 Å². The number of hydrogen-bond acceptors (Lipinski definition) is 7. The van der Waals surface area contributed by atoms with Crippen molar-refractivity contribution in [3.63, 3.8) is 0 Å². The Labute approximate surface area is 215 Å². The third-order valence-electron chi connectivity index (χ3n) is 7.82. The summed E-state index contributed by atoms with van der Waals surface area (Å²) in [6.07, 6.45) is 4.96. The molecule has 4 aromatic rings. The number of aromatic carboxylic acids is 1. The minimum Gasteiger partial charge on any atom is -0.478 e. The molecule has 2 saturated carbocycles. The second kappa shape index (κ2) is 8.59. The first kappa shape index (κ1) is 22.8.